The summed E-state index contributed by atoms with van der Waals surface area (Å²) in [6.07, 6.45) is 1.55. The van der Waals surface area contributed by atoms with Crippen molar-refractivity contribution in [1.29, 1.82) is 0 Å². The number of carboxylic acids is 1. The lowest BCUT2D eigenvalue weighted by Gasteiger charge is -2.37. The number of carbonyl (C=O) groups is 2. The molecule has 1 aromatic carbocycles. The topological polar surface area (TPSA) is 70.5 Å². The maximum atomic E-state index is 12.6. The van der Waals surface area contributed by atoms with E-state index < -0.39 is 11.4 Å². The Labute approximate surface area is 151 Å². The summed E-state index contributed by atoms with van der Waals surface area (Å²) in [7, 11) is 0. The van der Waals surface area contributed by atoms with Crippen molar-refractivity contribution in [3.8, 4) is 10.6 Å². The highest BCUT2D eigenvalue weighted by Gasteiger charge is 2.39. The number of piperidine rings is 1. The Bertz CT molecular complexity index is 784. The molecule has 1 aliphatic heterocycles. The zero-order valence-electron chi connectivity index (χ0n) is 14.5. The van der Waals surface area contributed by atoms with Gasteiger partial charge in [-0.3, -0.25) is 9.59 Å². The molecule has 1 N–H and O–H groups in total. The highest BCUT2D eigenvalue weighted by molar-refractivity contribution is 7.13. The number of amides is 1. The van der Waals surface area contributed by atoms with E-state index in [0.29, 0.717) is 13.0 Å². The van der Waals surface area contributed by atoms with Gasteiger partial charge in [-0.05, 0) is 26.7 Å². The number of likely N-dealkylation sites (tertiary alicyclic amines) is 1. The van der Waals surface area contributed by atoms with Crippen molar-refractivity contribution < 1.29 is 14.7 Å². The predicted molar refractivity (Wildman–Crippen MR) is 97.5 cm³/mol. The highest BCUT2D eigenvalue weighted by Crippen LogP contribution is 2.30. The van der Waals surface area contributed by atoms with Gasteiger partial charge in [0.1, 0.15) is 5.01 Å². The molecule has 0 saturated carbocycles. The predicted octanol–water partition coefficient (Wildman–Crippen LogP) is 3.37. The molecule has 2 aromatic rings. The summed E-state index contributed by atoms with van der Waals surface area (Å²) in [6.45, 7) is 4.65. The number of carboxylic acid groups (broad SMARTS) is 1. The normalized spacial score (nSPS) is 20.5. The number of aromatic nitrogens is 1. The number of aryl methyl sites for hydroxylation is 1. The molecule has 0 spiro atoms. The van der Waals surface area contributed by atoms with Crippen molar-refractivity contribution in [3.63, 3.8) is 0 Å². The fourth-order valence-electron chi connectivity index (χ4n) is 3.11. The van der Waals surface area contributed by atoms with Crippen LogP contribution in [-0.4, -0.2) is 40.0 Å². The van der Waals surface area contributed by atoms with Crippen LogP contribution in [0.3, 0.4) is 0 Å². The van der Waals surface area contributed by atoms with Gasteiger partial charge in [0.05, 0.1) is 17.5 Å². The van der Waals surface area contributed by atoms with Gasteiger partial charge >= 0.3 is 5.97 Å². The number of benzene rings is 1. The molecule has 1 saturated heterocycles. The van der Waals surface area contributed by atoms with Gasteiger partial charge in [-0.1, -0.05) is 29.8 Å². The zero-order valence-corrected chi connectivity index (χ0v) is 15.3. The maximum Gasteiger partial charge on any atom is 0.311 e. The van der Waals surface area contributed by atoms with Crippen LogP contribution in [-0.2, 0) is 16.0 Å². The molecule has 0 aliphatic carbocycles. The summed E-state index contributed by atoms with van der Waals surface area (Å²) in [5, 5.41) is 12.2. The van der Waals surface area contributed by atoms with Gasteiger partial charge in [-0.25, -0.2) is 4.98 Å². The van der Waals surface area contributed by atoms with Crippen LogP contribution in [0.2, 0.25) is 0 Å². The van der Waals surface area contributed by atoms with Crippen LogP contribution in [0.5, 0.6) is 0 Å². The molecule has 5 nitrogen and oxygen atoms in total. The van der Waals surface area contributed by atoms with E-state index in [1.807, 2.05) is 36.6 Å². The van der Waals surface area contributed by atoms with E-state index in [0.717, 1.165) is 22.7 Å². The molecule has 25 heavy (non-hydrogen) atoms. The van der Waals surface area contributed by atoms with E-state index >= 15 is 0 Å². The smallest absolute Gasteiger partial charge is 0.311 e. The Hall–Kier alpha value is -2.21. The number of hydrogen-bond acceptors (Lipinski definition) is 4. The number of aliphatic carboxylic acids is 1. The van der Waals surface area contributed by atoms with E-state index in [1.54, 1.807) is 11.8 Å². The molecule has 1 unspecified atom stereocenters. The molecule has 1 aliphatic rings. The lowest BCUT2D eigenvalue weighted by molar-refractivity contribution is -0.153. The first-order valence-corrected chi connectivity index (χ1v) is 9.28. The number of nitrogens with zero attached hydrogens (tertiary/aromatic N) is 2. The van der Waals surface area contributed by atoms with Gasteiger partial charge in [0, 0.05) is 24.0 Å². The summed E-state index contributed by atoms with van der Waals surface area (Å²) in [4.78, 5) is 30.2. The van der Waals surface area contributed by atoms with E-state index in [1.165, 1.54) is 16.9 Å². The first-order chi connectivity index (χ1) is 11.9. The lowest BCUT2D eigenvalue weighted by Crippen LogP contribution is -2.48. The molecular formula is C19H22N2O3S. The maximum absolute atomic E-state index is 12.6. The van der Waals surface area contributed by atoms with Crippen molar-refractivity contribution in [1.82, 2.24) is 9.88 Å². The second kappa shape index (κ2) is 6.96. The molecule has 0 radical (unpaired) electrons. The fraction of sp³-hybridized carbons (Fsp3) is 0.421. The Morgan fingerprint density at radius 2 is 2.04 bits per heavy atom. The molecular weight excluding hydrogens is 336 g/mol. The highest BCUT2D eigenvalue weighted by atomic mass is 32.1. The van der Waals surface area contributed by atoms with Gasteiger partial charge in [-0.2, -0.15) is 0 Å². The van der Waals surface area contributed by atoms with Crippen molar-refractivity contribution in [2.45, 2.75) is 33.1 Å². The molecule has 6 heteroatoms. The Balaban J connectivity index is 1.67. The van der Waals surface area contributed by atoms with Crippen LogP contribution >= 0.6 is 11.3 Å². The molecule has 1 amide bonds. The third-order valence-corrected chi connectivity index (χ3v) is 5.69. The second-order valence-corrected chi connectivity index (χ2v) is 7.83. The summed E-state index contributed by atoms with van der Waals surface area (Å²) < 4.78 is 0. The van der Waals surface area contributed by atoms with Crippen molar-refractivity contribution >= 4 is 23.2 Å². The molecule has 1 aromatic heterocycles. The van der Waals surface area contributed by atoms with Crippen LogP contribution in [0.1, 0.15) is 31.0 Å². The van der Waals surface area contributed by atoms with E-state index in [-0.39, 0.29) is 18.9 Å². The summed E-state index contributed by atoms with van der Waals surface area (Å²) in [6, 6.07) is 8.15. The van der Waals surface area contributed by atoms with Gasteiger partial charge in [0.25, 0.3) is 0 Å². The fourth-order valence-corrected chi connectivity index (χ4v) is 3.94. The average molecular weight is 358 g/mol. The third kappa shape index (κ3) is 3.90. The molecule has 132 valence electrons. The second-order valence-electron chi connectivity index (χ2n) is 6.97. The zero-order chi connectivity index (χ0) is 18.0. The molecule has 1 fully saturated rings. The van der Waals surface area contributed by atoms with Crippen LogP contribution < -0.4 is 0 Å². The van der Waals surface area contributed by atoms with Crippen LogP contribution in [0.25, 0.3) is 10.6 Å². The van der Waals surface area contributed by atoms with E-state index in [2.05, 4.69) is 4.98 Å². The van der Waals surface area contributed by atoms with Crippen molar-refractivity contribution in [3.05, 3.63) is 40.9 Å². The molecule has 1 atom stereocenters. The van der Waals surface area contributed by atoms with Gasteiger partial charge < -0.3 is 10.0 Å². The number of hydrogen-bond donors (Lipinski definition) is 1. The lowest BCUT2D eigenvalue weighted by atomic mass is 9.82. The minimum Gasteiger partial charge on any atom is -0.481 e. The van der Waals surface area contributed by atoms with Crippen molar-refractivity contribution in [2.24, 2.45) is 5.41 Å². The van der Waals surface area contributed by atoms with Crippen LogP contribution in [0.15, 0.2) is 29.6 Å². The van der Waals surface area contributed by atoms with Crippen molar-refractivity contribution in [2.75, 3.05) is 13.1 Å². The first-order valence-electron chi connectivity index (χ1n) is 8.40. The molecule has 0 bridgehead atoms. The van der Waals surface area contributed by atoms with Crippen LogP contribution in [0.4, 0.5) is 0 Å². The largest absolute Gasteiger partial charge is 0.481 e. The minimum absolute atomic E-state index is 0.0482. The quantitative estimate of drug-likeness (QED) is 0.910. The third-order valence-electron chi connectivity index (χ3n) is 4.75. The summed E-state index contributed by atoms with van der Waals surface area (Å²) >= 11 is 1.53. The average Bonchev–Trinajstić information content (AvgIpc) is 3.04. The Kier molecular flexibility index (Phi) is 4.90. The Morgan fingerprint density at radius 1 is 1.32 bits per heavy atom. The number of carbonyl (C=O) groups excluding carboxylic acids is 1. The SMILES string of the molecule is Cc1ccc(-c2nc(CC(=O)N3CCCC(C)(C(=O)O)C3)cs2)cc1. The Morgan fingerprint density at radius 3 is 2.72 bits per heavy atom. The van der Waals surface area contributed by atoms with E-state index in [4.69, 9.17) is 0 Å². The standard InChI is InChI=1S/C19H22N2O3S/c1-13-4-6-14(7-5-13)17-20-15(11-25-17)10-16(22)21-9-3-8-19(2,12-21)18(23)24/h4-7,11H,3,8-10,12H2,1-2H3,(H,23,24). The van der Waals surface area contributed by atoms with Gasteiger partial charge in [0.2, 0.25) is 5.91 Å². The minimum atomic E-state index is -0.844. The number of thiazole rings is 1. The summed E-state index contributed by atoms with van der Waals surface area (Å²) in [5.41, 5.74) is 2.14. The molecule has 2 heterocycles. The first kappa shape index (κ1) is 17.6. The monoisotopic (exact) mass is 358 g/mol. The van der Waals surface area contributed by atoms with Crippen LogP contribution in [0, 0.1) is 12.3 Å². The molecule has 3 rings (SSSR count). The van der Waals surface area contributed by atoms with Gasteiger partial charge in [-0.15, -0.1) is 11.3 Å². The number of rotatable bonds is 4. The van der Waals surface area contributed by atoms with Gasteiger partial charge in [0.15, 0.2) is 0 Å². The summed E-state index contributed by atoms with van der Waals surface area (Å²) in [5.74, 6) is -0.881. The van der Waals surface area contributed by atoms with E-state index in [9.17, 15) is 14.7 Å².